The van der Waals surface area contributed by atoms with Crippen LogP contribution in [0.5, 0.6) is 0 Å². The summed E-state index contributed by atoms with van der Waals surface area (Å²) < 4.78 is 0. The van der Waals surface area contributed by atoms with Crippen molar-refractivity contribution in [2.75, 3.05) is 19.6 Å². The lowest BCUT2D eigenvalue weighted by Crippen LogP contribution is -2.37. The van der Waals surface area contributed by atoms with Crippen molar-refractivity contribution in [2.24, 2.45) is 11.8 Å². The highest BCUT2D eigenvalue weighted by Crippen LogP contribution is 2.22. The molecule has 1 aromatic heterocycles. The second-order valence-corrected chi connectivity index (χ2v) is 6.30. The first-order valence-corrected chi connectivity index (χ1v) is 7.96. The highest BCUT2D eigenvalue weighted by atomic mass is 16.2. The lowest BCUT2D eigenvalue weighted by atomic mass is 10.1. The first-order chi connectivity index (χ1) is 10.5. The van der Waals surface area contributed by atoms with E-state index in [1.54, 1.807) is 12.4 Å². The fraction of sp³-hybridized carbons (Fsp3) is 0.588. The number of nitrogens with zero attached hydrogens (tertiary/aromatic N) is 3. The molecule has 1 atom stereocenters. The third-order valence-electron chi connectivity index (χ3n) is 3.97. The second kappa shape index (κ2) is 7.38. The van der Waals surface area contributed by atoms with Crippen molar-refractivity contribution in [3.63, 3.8) is 0 Å². The van der Waals surface area contributed by atoms with Crippen LogP contribution in [0.4, 0.5) is 0 Å². The minimum atomic E-state index is -0.201. The quantitative estimate of drug-likeness (QED) is 0.807. The molecule has 0 N–H and O–H groups in total. The van der Waals surface area contributed by atoms with Gasteiger partial charge in [-0.15, -0.1) is 0 Å². The summed E-state index contributed by atoms with van der Waals surface area (Å²) in [5.41, 5.74) is 1.06. The molecule has 0 unspecified atom stereocenters. The predicted molar refractivity (Wildman–Crippen MR) is 84.9 cm³/mol. The zero-order valence-electron chi connectivity index (χ0n) is 13.7. The zero-order chi connectivity index (χ0) is 16.1. The number of hydrogen-bond acceptors (Lipinski definition) is 3. The molecule has 1 fully saturated rings. The van der Waals surface area contributed by atoms with Crippen LogP contribution in [-0.2, 0) is 16.1 Å². The number of pyridine rings is 1. The van der Waals surface area contributed by atoms with E-state index in [1.807, 2.05) is 28.9 Å². The predicted octanol–water partition coefficient (Wildman–Crippen LogP) is 1.93. The first kappa shape index (κ1) is 16.5. The molecule has 0 bridgehead atoms. The SMILES string of the molecule is CCN(Cc1ccncc1)C(=O)[C@H]1CC(=O)N(CC(C)C)C1. The summed E-state index contributed by atoms with van der Waals surface area (Å²) in [6.07, 6.45) is 3.81. The number of amides is 2. The maximum Gasteiger partial charge on any atom is 0.228 e. The van der Waals surface area contributed by atoms with E-state index in [1.165, 1.54) is 0 Å². The molecule has 1 aliphatic heterocycles. The smallest absolute Gasteiger partial charge is 0.228 e. The van der Waals surface area contributed by atoms with Gasteiger partial charge >= 0.3 is 0 Å². The van der Waals surface area contributed by atoms with Gasteiger partial charge in [-0.1, -0.05) is 13.8 Å². The monoisotopic (exact) mass is 303 g/mol. The van der Waals surface area contributed by atoms with Crippen molar-refractivity contribution in [2.45, 2.75) is 33.7 Å². The molecular weight excluding hydrogens is 278 g/mol. The van der Waals surface area contributed by atoms with Crippen LogP contribution in [0.2, 0.25) is 0 Å². The van der Waals surface area contributed by atoms with Gasteiger partial charge in [-0.2, -0.15) is 0 Å². The second-order valence-electron chi connectivity index (χ2n) is 6.30. The molecule has 0 spiro atoms. The number of carbonyl (C=O) groups excluding carboxylic acids is 2. The Hall–Kier alpha value is -1.91. The Morgan fingerprint density at radius 2 is 2.09 bits per heavy atom. The van der Waals surface area contributed by atoms with Gasteiger partial charge in [0.25, 0.3) is 0 Å². The summed E-state index contributed by atoms with van der Waals surface area (Å²) in [6, 6.07) is 3.83. The largest absolute Gasteiger partial charge is 0.342 e. The van der Waals surface area contributed by atoms with Gasteiger partial charge < -0.3 is 9.80 Å². The number of carbonyl (C=O) groups is 2. The van der Waals surface area contributed by atoms with Crippen LogP contribution >= 0.6 is 0 Å². The Morgan fingerprint density at radius 3 is 2.68 bits per heavy atom. The average molecular weight is 303 g/mol. The minimum absolute atomic E-state index is 0.0823. The van der Waals surface area contributed by atoms with E-state index in [9.17, 15) is 9.59 Å². The summed E-state index contributed by atoms with van der Waals surface area (Å²) in [7, 11) is 0. The van der Waals surface area contributed by atoms with Gasteiger partial charge in [0.05, 0.1) is 5.92 Å². The Bertz CT molecular complexity index is 516. The van der Waals surface area contributed by atoms with Gasteiger partial charge in [0.1, 0.15) is 0 Å². The van der Waals surface area contributed by atoms with E-state index in [-0.39, 0.29) is 17.7 Å². The molecule has 1 saturated heterocycles. The Kier molecular flexibility index (Phi) is 5.52. The van der Waals surface area contributed by atoms with Crippen LogP contribution in [0.1, 0.15) is 32.8 Å². The molecule has 5 nitrogen and oxygen atoms in total. The van der Waals surface area contributed by atoms with E-state index >= 15 is 0 Å². The molecule has 0 radical (unpaired) electrons. The lowest BCUT2D eigenvalue weighted by molar-refractivity contribution is -0.136. The van der Waals surface area contributed by atoms with Crippen LogP contribution in [0.25, 0.3) is 0 Å². The van der Waals surface area contributed by atoms with Crippen LogP contribution in [0, 0.1) is 11.8 Å². The van der Waals surface area contributed by atoms with E-state index in [2.05, 4.69) is 18.8 Å². The fourth-order valence-electron chi connectivity index (χ4n) is 2.87. The third kappa shape index (κ3) is 4.06. The maximum atomic E-state index is 12.7. The van der Waals surface area contributed by atoms with Crippen molar-refractivity contribution in [3.8, 4) is 0 Å². The topological polar surface area (TPSA) is 53.5 Å². The van der Waals surface area contributed by atoms with Gasteiger partial charge in [-0.3, -0.25) is 14.6 Å². The van der Waals surface area contributed by atoms with E-state index < -0.39 is 0 Å². The summed E-state index contributed by atoms with van der Waals surface area (Å²) >= 11 is 0. The normalized spacial score (nSPS) is 18.1. The standard InChI is InChI=1S/C17H25N3O2/c1-4-19(11-14-5-7-18-8-6-14)17(22)15-9-16(21)20(12-15)10-13(2)3/h5-8,13,15H,4,9-12H2,1-3H3/t15-/m0/s1. The molecule has 5 heteroatoms. The van der Waals surface area contributed by atoms with Crippen LogP contribution in [0.15, 0.2) is 24.5 Å². The van der Waals surface area contributed by atoms with Gasteiger partial charge in [0.15, 0.2) is 0 Å². The number of hydrogen-bond donors (Lipinski definition) is 0. The zero-order valence-corrected chi connectivity index (χ0v) is 13.7. The molecule has 0 aliphatic carbocycles. The summed E-state index contributed by atoms with van der Waals surface area (Å²) in [4.78, 5) is 32.4. The molecule has 1 aliphatic rings. The van der Waals surface area contributed by atoms with Crippen molar-refractivity contribution in [1.29, 1.82) is 0 Å². The lowest BCUT2D eigenvalue weighted by Gasteiger charge is -2.24. The van der Waals surface area contributed by atoms with E-state index in [4.69, 9.17) is 0 Å². The Labute approximate surface area is 132 Å². The van der Waals surface area contributed by atoms with Gasteiger partial charge in [0, 0.05) is 45.0 Å². The molecule has 0 saturated carbocycles. The number of rotatable bonds is 6. The van der Waals surface area contributed by atoms with Crippen molar-refractivity contribution < 1.29 is 9.59 Å². The van der Waals surface area contributed by atoms with Crippen molar-refractivity contribution >= 4 is 11.8 Å². The third-order valence-corrected chi connectivity index (χ3v) is 3.97. The van der Waals surface area contributed by atoms with Crippen LogP contribution in [-0.4, -0.2) is 46.2 Å². The number of aromatic nitrogens is 1. The van der Waals surface area contributed by atoms with E-state index in [0.29, 0.717) is 32.0 Å². The van der Waals surface area contributed by atoms with Crippen LogP contribution in [0.3, 0.4) is 0 Å². The first-order valence-electron chi connectivity index (χ1n) is 7.96. The maximum absolute atomic E-state index is 12.7. The molecule has 2 rings (SSSR count). The highest BCUT2D eigenvalue weighted by molar-refractivity contribution is 5.89. The highest BCUT2D eigenvalue weighted by Gasteiger charge is 2.36. The molecule has 1 aromatic rings. The molecule has 2 heterocycles. The minimum Gasteiger partial charge on any atom is -0.342 e. The van der Waals surface area contributed by atoms with Gasteiger partial charge in [-0.25, -0.2) is 0 Å². The van der Waals surface area contributed by atoms with Gasteiger partial charge in [-0.05, 0) is 30.5 Å². The van der Waals surface area contributed by atoms with E-state index in [0.717, 1.165) is 12.1 Å². The van der Waals surface area contributed by atoms with Gasteiger partial charge in [0.2, 0.25) is 11.8 Å². The summed E-state index contributed by atoms with van der Waals surface area (Å²) in [5, 5.41) is 0. The van der Waals surface area contributed by atoms with Crippen LogP contribution < -0.4 is 0 Å². The molecule has 2 amide bonds. The van der Waals surface area contributed by atoms with Crippen molar-refractivity contribution in [3.05, 3.63) is 30.1 Å². The summed E-state index contributed by atoms with van der Waals surface area (Å²) in [5.74, 6) is 0.413. The average Bonchev–Trinajstić information content (AvgIpc) is 2.85. The Balaban J connectivity index is 1.99. The molecular formula is C17H25N3O2. The van der Waals surface area contributed by atoms with Crippen molar-refractivity contribution in [1.82, 2.24) is 14.8 Å². The molecule has 0 aromatic carbocycles. The number of likely N-dealkylation sites (tertiary alicyclic amines) is 1. The fourth-order valence-corrected chi connectivity index (χ4v) is 2.87. The summed E-state index contributed by atoms with van der Waals surface area (Å²) in [6.45, 7) is 8.67. The molecule has 120 valence electrons. The Morgan fingerprint density at radius 1 is 1.41 bits per heavy atom. The molecule has 22 heavy (non-hydrogen) atoms.